The Morgan fingerprint density at radius 3 is 2.63 bits per heavy atom. The van der Waals surface area contributed by atoms with E-state index in [-0.39, 0.29) is 6.42 Å². The zero-order valence-electron chi connectivity index (χ0n) is 11.6. The largest absolute Gasteiger partial charge is 0.481 e. The average Bonchev–Trinajstić information content (AvgIpc) is 2.68. The van der Waals surface area contributed by atoms with E-state index in [0.717, 1.165) is 18.0 Å². The summed E-state index contributed by atoms with van der Waals surface area (Å²) in [5.41, 5.74) is 0.334. The molecule has 1 aromatic heterocycles. The molecule has 0 amide bonds. The molecule has 106 valence electrons. The van der Waals surface area contributed by atoms with Crippen molar-refractivity contribution in [3.05, 3.63) is 21.9 Å². The molecule has 5 heteroatoms. The summed E-state index contributed by atoms with van der Waals surface area (Å²) >= 11 is 1.59. The van der Waals surface area contributed by atoms with Crippen molar-refractivity contribution < 1.29 is 9.90 Å². The third-order valence-electron chi connectivity index (χ3n) is 4.03. The van der Waals surface area contributed by atoms with Crippen LogP contribution in [-0.2, 0) is 17.8 Å². The number of nitrogens with one attached hydrogen (secondary N) is 1. The minimum Gasteiger partial charge on any atom is -0.481 e. The number of nitrogens with zero attached hydrogens (tertiary/aromatic N) is 1. The first-order valence-corrected chi connectivity index (χ1v) is 7.51. The predicted octanol–water partition coefficient (Wildman–Crippen LogP) is 1.95. The van der Waals surface area contributed by atoms with Crippen LogP contribution in [0.3, 0.4) is 0 Å². The third kappa shape index (κ3) is 3.55. The van der Waals surface area contributed by atoms with Crippen LogP contribution in [0.2, 0.25) is 0 Å². The Labute approximate surface area is 118 Å². The first kappa shape index (κ1) is 14.5. The number of rotatable bonds is 7. The van der Waals surface area contributed by atoms with Gasteiger partial charge in [-0.2, -0.15) is 0 Å². The van der Waals surface area contributed by atoms with E-state index < -0.39 is 5.97 Å². The SMILES string of the molecule is CN(C)C1(CNCc2ccc(CC(=O)O)s2)CCC1. The molecule has 0 unspecified atom stereocenters. The Bertz CT molecular complexity index is 438. The molecule has 1 aliphatic rings. The minimum atomic E-state index is -0.762. The van der Waals surface area contributed by atoms with Crippen LogP contribution in [0.4, 0.5) is 0 Å². The molecule has 0 aromatic carbocycles. The van der Waals surface area contributed by atoms with Crippen LogP contribution in [0.1, 0.15) is 29.0 Å². The number of likely N-dealkylation sites (N-methyl/N-ethyl adjacent to an activating group) is 1. The van der Waals surface area contributed by atoms with Gasteiger partial charge in [-0.3, -0.25) is 4.79 Å². The fourth-order valence-electron chi connectivity index (χ4n) is 2.55. The highest BCUT2D eigenvalue weighted by Gasteiger charge is 2.38. The highest BCUT2D eigenvalue weighted by atomic mass is 32.1. The molecule has 2 N–H and O–H groups in total. The summed E-state index contributed by atoms with van der Waals surface area (Å²) in [5.74, 6) is -0.762. The number of carbonyl (C=O) groups is 1. The van der Waals surface area contributed by atoms with Gasteiger partial charge in [-0.05, 0) is 45.5 Å². The molecule has 2 rings (SSSR count). The predicted molar refractivity (Wildman–Crippen MR) is 77.6 cm³/mol. The molecule has 1 aliphatic carbocycles. The molecule has 0 atom stereocenters. The first-order chi connectivity index (χ1) is 9.02. The number of thiophene rings is 1. The van der Waals surface area contributed by atoms with E-state index in [1.165, 1.54) is 24.1 Å². The van der Waals surface area contributed by atoms with E-state index in [4.69, 9.17) is 5.11 Å². The molecule has 1 fully saturated rings. The van der Waals surface area contributed by atoms with E-state index in [1.807, 2.05) is 12.1 Å². The zero-order chi connectivity index (χ0) is 13.9. The molecule has 4 nitrogen and oxygen atoms in total. The van der Waals surface area contributed by atoms with Crippen molar-refractivity contribution in [2.75, 3.05) is 20.6 Å². The van der Waals surface area contributed by atoms with E-state index in [0.29, 0.717) is 5.54 Å². The molecule has 0 radical (unpaired) electrons. The Balaban J connectivity index is 1.79. The lowest BCUT2D eigenvalue weighted by Gasteiger charge is -2.47. The van der Waals surface area contributed by atoms with Crippen molar-refractivity contribution in [3.8, 4) is 0 Å². The summed E-state index contributed by atoms with van der Waals surface area (Å²) in [5, 5.41) is 12.3. The average molecular weight is 282 g/mol. The lowest BCUT2D eigenvalue weighted by atomic mass is 9.75. The van der Waals surface area contributed by atoms with Gasteiger partial charge in [-0.25, -0.2) is 0 Å². The van der Waals surface area contributed by atoms with Crippen LogP contribution >= 0.6 is 11.3 Å². The van der Waals surface area contributed by atoms with E-state index in [2.05, 4.69) is 24.3 Å². The second-order valence-corrected chi connectivity index (χ2v) is 6.77. The van der Waals surface area contributed by atoms with Crippen molar-refractivity contribution in [2.45, 2.75) is 37.8 Å². The van der Waals surface area contributed by atoms with Gasteiger partial charge in [0.15, 0.2) is 0 Å². The Hall–Kier alpha value is -0.910. The summed E-state index contributed by atoms with van der Waals surface area (Å²) in [6.07, 6.45) is 3.98. The number of aliphatic carboxylic acids is 1. The number of hydrogen-bond donors (Lipinski definition) is 2. The number of carboxylic acid groups (broad SMARTS) is 1. The summed E-state index contributed by atoms with van der Waals surface area (Å²) in [6, 6.07) is 3.94. The maximum Gasteiger partial charge on any atom is 0.308 e. The standard InChI is InChI=1S/C14H22N2O2S/c1-16(2)14(6-3-7-14)10-15-9-12-5-4-11(19-12)8-13(17)18/h4-5,15H,3,6-10H2,1-2H3,(H,17,18). The molecular formula is C14H22N2O2S. The van der Waals surface area contributed by atoms with Gasteiger partial charge >= 0.3 is 5.97 Å². The summed E-state index contributed by atoms with van der Waals surface area (Å²) in [6.45, 7) is 1.84. The van der Waals surface area contributed by atoms with Crippen LogP contribution in [0.15, 0.2) is 12.1 Å². The molecule has 0 aliphatic heterocycles. The van der Waals surface area contributed by atoms with Crippen molar-refractivity contribution >= 4 is 17.3 Å². The topological polar surface area (TPSA) is 52.6 Å². The van der Waals surface area contributed by atoms with Gasteiger partial charge in [0.1, 0.15) is 0 Å². The van der Waals surface area contributed by atoms with Crippen molar-refractivity contribution in [3.63, 3.8) is 0 Å². The quantitative estimate of drug-likeness (QED) is 0.802. The lowest BCUT2D eigenvalue weighted by Crippen LogP contribution is -2.56. The number of hydrogen-bond acceptors (Lipinski definition) is 4. The van der Waals surface area contributed by atoms with Gasteiger partial charge in [0, 0.05) is 28.4 Å². The van der Waals surface area contributed by atoms with Crippen LogP contribution in [0.5, 0.6) is 0 Å². The number of carboxylic acids is 1. The maximum absolute atomic E-state index is 10.6. The molecule has 0 saturated heterocycles. The van der Waals surface area contributed by atoms with Crippen molar-refractivity contribution in [2.24, 2.45) is 0 Å². The van der Waals surface area contributed by atoms with Gasteiger partial charge in [0.2, 0.25) is 0 Å². The Morgan fingerprint density at radius 2 is 2.11 bits per heavy atom. The van der Waals surface area contributed by atoms with Crippen LogP contribution < -0.4 is 5.32 Å². The monoisotopic (exact) mass is 282 g/mol. The Kier molecular flexibility index (Phi) is 4.60. The van der Waals surface area contributed by atoms with Gasteiger partial charge in [0.05, 0.1) is 6.42 Å². The van der Waals surface area contributed by atoms with Crippen LogP contribution in [0, 0.1) is 0 Å². The van der Waals surface area contributed by atoms with E-state index >= 15 is 0 Å². The summed E-state index contributed by atoms with van der Waals surface area (Å²) in [7, 11) is 4.30. The molecule has 0 bridgehead atoms. The minimum absolute atomic E-state index is 0.131. The normalized spacial score (nSPS) is 17.4. The van der Waals surface area contributed by atoms with E-state index in [1.54, 1.807) is 11.3 Å². The molecule has 19 heavy (non-hydrogen) atoms. The van der Waals surface area contributed by atoms with Gasteiger partial charge < -0.3 is 15.3 Å². The maximum atomic E-state index is 10.6. The lowest BCUT2D eigenvalue weighted by molar-refractivity contribution is -0.136. The van der Waals surface area contributed by atoms with E-state index in [9.17, 15) is 4.79 Å². The molecule has 0 spiro atoms. The fourth-order valence-corrected chi connectivity index (χ4v) is 3.53. The smallest absolute Gasteiger partial charge is 0.308 e. The molecule has 1 saturated carbocycles. The summed E-state index contributed by atoms with van der Waals surface area (Å²) < 4.78 is 0. The Morgan fingerprint density at radius 1 is 1.42 bits per heavy atom. The molecule has 1 aromatic rings. The van der Waals surface area contributed by atoms with Gasteiger partial charge in [-0.15, -0.1) is 11.3 Å². The molecule has 1 heterocycles. The molecular weight excluding hydrogens is 260 g/mol. The summed E-state index contributed by atoms with van der Waals surface area (Å²) in [4.78, 5) is 15.1. The highest BCUT2D eigenvalue weighted by molar-refractivity contribution is 7.12. The van der Waals surface area contributed by atoms with Crippen molar-refractivity contribution in [1.82, 2.24) is 10.2 Å². The second kappa shape index (κ2) is 6.03. The van der Waals surface area contributed by atoms with Gasteiger partial charge in [0.25, 0.3) is 0 Å². The highest BCUT2D eigenvalue weighted by Crippen LogP contribution is 2.35. The first-order valence-electron chi connectivity index (χ1n) is 6.69. The zero-order valence-corrected chi connectivity index (χ0v) is 12.4. The van der Waals surface area contributed by atoms with Crippen molar-refractivity contribution in [1.29, 1.82) is 0 Å². The van der Waals surface area contributed by atoms with Crippen LogP contribution in [0.25, 0.3) is 0 Å². The van der Waals surface area contributed by atoms with Crippen LogP contribution in [-0.4, -0.2) is 42.2 Å². The second-order valence-electron chi connectivity index (χ2n) is 5.51. The third-order valence-corrected chi connectivity index (χ3v) is 5.11. The van der Waals surface area contributed by atoms with Gasteiger partial charge in [-0.1, -0.05) is 0 Å². The fraction of sp³-hybridized carbons (Fsp3) is 0.643.